The number of hydrogen-bond acceptors (Lipinski definition) is 2. The van der Waals surface area contributed by atoms with Gasteiger partial charge in [0.25, 0.3) is 0 Å². The van der Waals surface area contributed by atoms with Crippen LogP contribution < -0.4 is 0 Å². The van der Waals surface area contributed by atoms with Gasteiger partial charge in [-0.3, -0.25) is 4.79 Å². The van der Waals surface area contributed by atoms with Crippen LogP contribution in [0, 0.1) is 0 Å². The summed E-state index contributed by atoms with van der Waals surface area (Å²) < 4.78 is 4.91. The van der Waals surface area contributed by atoms with Crippen LogP contribution in [0.5, 0.6) is 0 Å². The fraction of sp³-hybridized carbons (Fsp3) is 0.519. The van der Waals surface area contributed by atoms with Crippen molar-refractivity contribution in [2.75, 3.05) is 0 Å². The fourth-order valence-electron chi connectivity index (χ4n) is 2.22. The average molecular weight is 405 g/mol. The molecule has 29 heavy (non-hydrogen) atoms. The molecule has 2 nitrogen and oxygen atoms in total. The highest BCUT2D eigenvalue weighted by atomic mass is 16.5. The number of hydrogen-bond donors (Lipinski definition) is 0. The Hall–Kier alpha value is -2.09. The van der Waals surface area contributed by atoms with Crippen LogP contribution in [0.25, 0.3) is 0 Å². The zero-order chi connectivity index (χ0) is 19.1. The second-order valence-corrected chi connectivity index (χ2v) is 8.34. The molecule has 0 radical (unpaired) electrons. The lowest BCUT2D eigenvalue weighted by Gasteiger charge is -2.19. The van der Waals surface area contributed by atoms with E-state index in [0.29, 0.717) is 12.0 Å². The van der Waals surface area contributed by atoms with E-state index in [0.717, 1.165) is 5.56 Å². The molecule has 0 aliphatic carbocycles. The van der Waals surface area contributed by atoms with Gasteiger partial charge in [0.2, 0.25) is 0 Å². The molecule has 0 aromatic heterocycles. The van der Waals surface area contributed by atoms with Crippen LogP contribution in [0.4, 0.5) is 0 Å². The molecule has 2 aromatic carbocycles. The minimum absolute atomic E-state index is 0. The first-order valence-electron chi connectivity index (χ1n) is 8.78. The first-order chi connectivity index (χ1) is 11.5. The highest BCUT2D eigenvalue weighted by Gasteiger charge is 2.13. The van der Waals surface area contributed by atoms with Gasteiger partial charge in [0.05, 0.1) is 0 Å². The van der Waals surface area contributed by atoms with Crippen molar-refractivity contribution < 1.29 is 9.53 Å². The van der Waals surface area contributed by atoms with Crippen LogP contribution in [0.15, 0.2) is 54.6 Å². The maximum absolute atomic E-state index is 10.6. The summed E-state index contributed by atoms with van der Waals surface area (Å²) in [6.07, 6.45) is 0. The molecule has 0 N–H and O–H groups in total. The Bertz CT molecular complexity index is 642. The molecule has 0 heterocycles. The minimum atomic E-state index is -0.241. The summed E-state index contributed by atoms with van der Waals surface area (Å²) in [5.74, 6) is -0.241. The highest BCUT2D eigenvalue weighted by Crippen LogP contribution is 2.22. The zero-order valence-corrected chi connectivity index (χ0v) is 16.7. The normalized spacial score (nSPS) is 9.76. The third-order valence-corrected chi connectivity index (χ3v) is 3.90. The summed E-state index contributed by atoms with van der Waals surface area (Å²) in [5.41, 5.74) is 4.17. The minimum Gasteiger partial charge on any atom is -0.461 e. The van der Waals surface area contributed by atoms with Crippen molar-refractivity contribution in [3.05, 3.63) is 71.3 Å². The van der Waals surface area contributed by atoms with Crippen molar-refractivity contribution in [2.45, 2.75) is 95.6 Å². The number of rotatable bonds is 2. The van der Waals surface area contributed by atoms with Crippen molar-refractivity contribution in [3.8, 4) is 0 Å². The average Bonchev–Trinajstić information content (AvgIpc) is 2.53. The van der Waals surface area contributed by atoms with Gasteiger partial charge in [-0.25, -0.2) is 0 Å². The largest absolute Gasteiger partial charge is 0.461 e. The quantitative estimate of drug-likeness (QED) is 0.468. The molecule has 0 unspecified atom stereocenters. The van der Waals surface area contributed by atoms with Gasteiger partial charge in [0.1, 0.15) is 6.61 Å². The van der Waals surface area contributed by atoms with E-state index in [9.17, 15) is 4.79 Å². The van der Waals surface area contributed by atoms with E-state index < -0.39 is 0 Å². The molecular formula is C27H48O2. The molecule has 168 valence electrons. The summed E-state index contributed by atoms with van der Waals surface area (Å²) in [5, 5.41) is 0. The maximum Gasteiger partial charge on any atom is 0.302 e. The van der Waals surface area contributed by atoms with Crippen LogP contribution in [-0.4, -0.2) is 5.97 Å². The number of carbonyl (C=O) groups is 1. The number of esters is 1. The molecular weight excluding hydrogens is 356 g/mol. The molecule has 0 amide bonds. The van der Waals surface area contributed by atoms with E-state index in [1.54, 1.807) is 0 Å². The molecule has 0 saturated carbocycles. The van der Waals surface area contributed by atoms with Gasteiger partial charge in [0, 0.05) is 6.92 Å². The van der Waals surface area contributed by atoms with E-state index in [1.165, 1.54) is 18.1 Å². The molecule has 0 atom stereocenters. The first-order valence-corrected chi connectivity index (χ1v) is 8.78. The predicted octanol–water partition coefficient (Wildman–Crippen LogP) is 8.58. The molecule has 2 aromatic rings. The van der Waals surface area contributed by atoms with Crippen molar-refractivity contribution >= 4 is 5.97 Å². The molecule has 0 bridgehead atoms. The van der Waals surface area contributed by atoms with E-state index in [1.807, 2.05) is 12.1 Å². The lowest BCUT2D eigenvalue weighted by Crippen LogP contribution is -2.10. The second kappa shape index (κ2) is 14.8. The van der Waals surface area contributed by atoms with Gasteiger partial charge in [0.15, 0.2) is 0 Å². The van der Waals surface area contributed by atoms with Crippen LogP contribution in [0.1, 0.15) is 94.9 Å². The van der Waals surface area contributed by atoms with E-state index >= 15 is 0 Å². The first kappa shape index (κ1) is 34.4. The monoisotopic (exact) mass is 404 g/mol. The molecule has 0 aliphatic rings. The Balaban J connectivity index is -0.000000200. The molecule has 0 saturated heterocycles. The van der Waals surface area contributed by atoms with Gasteiger partial charge >= 0.3 is 5.97 Å². The molecule has 2 heteroatoms. The summed E-state index contributed by atoms with van der Waals surface area (Å²) in [6.45, 7) is 15.0. The van der Waals surface area contributed by atoms with Gasteiger partial charge in [-0.05, 0) is 27.5 Å². The predicted molar refractivity (Wildman–Crippen MR) is 133 cm³/mol. The van der Waals surface area contributed by atoms with Crippen molar-refractivity contribution in [1.29, 1.82) is 0 Å². The molecule has 0 aliphatic heterocycles. The number of ether oxygens (including phenoxy) is 1. The standard InChI is InChI=1S/C13H18O2.C10H14.4CH4/c1-10(14)15-9-11-5-7-12(8-6-11)13(2,3)4;1-10(2,3)9-7-5-4-6-8-9;;;;/h5-8H,9H2,1-4H3;4-8H,1-3H3;4*1H4. The summed E-state index contributed by atoms with van der Waals surface area (Å²) in [7, 11) is 0. The molecule has 0 fully saturated rings. The van der Waals surface area contributed by atoms with E-state index in [-0.39, 0.29) is 41.1 Å². The lowest BCUT2D eigenvalue weighted by molar-refractivity contribution is -0.142. The third kappa shape index (κ3) is 13.7. The smallest absolute Gasteiger partial charge is 0.302 e. The Labute approximate surface area is 182 Å². The van der Waals surface area contributed by atoms with E-state index in [4.69, 9.17) is 4.74 Å². The van der Waals surface area contributed by atoms with E-state index in [2.05, 4.69) is 84.0 Å². The molecule has 2 rings (SSSR count). The van der Waals surface area contributed by atoms with Crippen LogP contribution in [-0.2, 0) is 27.0 Å². The SMILES string of the molecule is C.C.C.C.CC(=O)OCc1ccc(C(C)(C)C)cc1.CC(C)(C)c1ccccc1. The van der Waals surface area contributed by atoms with Crippen LogP contribution in [0.2, 0.25) is 0 Å². The highest BCUT2D eigenvalue weighted by molar-refractivity contribution is 5.65. The van der Waals surface area contributed by atoms with Crippen molar-refractivity contribution in [1.82, 2.24) is 0 Å². The Morgan fingerprint density at radius 2 is 1.07 bits per heavy atom. The fourth-order valence-corrected chi connectivity index (χ4v) is 2.22. The lowest BCUT2D eigenvalue weighted by atomic mass is 9.87. The second-order valence-electron chi connectivity index (χ2n) is 8.34. The van der Waals surface area contributed by atoms with Crippen molar-refractivity contribution in [2.24, 2.45) is 0 Å². The Kier molecular flexibility index (Phi) is 17.6. The maximum atomic E-state index is 10.6. The van der Waals surface area contributed by atoms with Gasteiger partial charge in [-0.2, -0.15) is 0 Å². The molecule has 0 spiro atoms. The number of benzene rings is 2. The summed E-state index contributed by atoms with van der Waals surface area (Å²) in [6, 6.07) is 18.7. The Morgan fingerprint density at radius 1 is 0.690 bits per heavy atom. The van der Waals surface area contributed by atoms with Gasteiger partial charge in [-0.1, -0.05) is 126 Å². The van der Waals surface area contributed by atoms with Gasteiger partial charge in [-0.15, -0.1) is 0 Å². The van der Waals surface area contributed by atoms with Crippen LogP contribution in [0.3, 0.4) is 0 Å². The topological polar surface area (TPSA) is 26.3 Å². The Morgan fingerprint density at radius 3 is 1.38 bits per heavy atom. The summed E-state index contributed by atoms with van der Waals surface area (Å²) >= 11 is 0. The summed E-state index contributed by atoms with van der Waals surface area (Å²) in [4.78, 5) is 10.6. The van der Waals surface area contributed by atoms with Crippen molar-refractivity contribution in [3.63, 3.8) is 0 Å². The number of carbonyl (C=O) groups excluding carboxylic acids is 1. The third-order valence-electron chi connectivity index (χ3n) is 3.90. The van der Waals surface area contributed by atoms with Gasteiger partial charge < -0.3 is 4.74 Å². The van der Waals surface area contributed by atoms with Crippen LogP contribution >= 0.6 is 0 Å². The zero-order valence-electron chi connectivity index (χ0n) is 16.7.